The zero-order valence-corrected chi connectivity index (χ0v) is 19.0. The smallest absolute Gasteiger partial charge is 0.246 e. The van der Waals surface area contributed by atoms with E-state index in [0.29, 0.717) is 31.1 Å². The van der Waals surface area contributed by atoms with Gasteiger partial charge in [-0.1, -0.05) is 81.4 Å². The molecule has 0 spiro atoms. The molecule has 1 unspecified atom stereocenters. The molecule has 2 aromatic carbocycles. The largest absolute Gasteiger partial charge is 0.336 e. The molecule has 0 radical (unpaired) electrons. The number of thioether (sulfide) groups is 1. The van der Waals surface area contributed by atoms with Gasteiger partial charge in [0.1, 0.15) is 6.04 Å². The minimum absolute atomic E-state index is 0.0574. The van der Waals surface area contributed by atoms with Gasteiger partial charge in [0.05, 0.1) is 5.88 Å². The molecule has 2 aromatic rings. The van der Waals surface area contributed by atoms with Crippen molar-refractivity contribution in [2.24, 2.45) is 5.41 Å². The molecule has 0 aliphatic carbocycles. The lowest BCUT2D eigenvalue weighted by Gasteiger charge is -2.31. The van der Waals surface area contributed by atoms with Gasteiger partial charge in [-0.3, -0.25) is 9.59 Å². The highest BCUT2D eigenvalue weighted by Crippen LogP contribution is 2.28. The molecule has 1 atom stereocenters. The summed E-state index contributed by atoms with van der Waals surface area (Å²) in [6.45, 7) is 7.39. The lowest BCUT2D eigenvalue weighted by molar-refractivity contribution is -0.144. The van der Waals surface area contributed by atoms with Crippen LogP contribution < -0.4 is 0 Å². The minimum Gasteiger partial charge on any atom is -0.336 e. The van der Waals surface area contributed by atoms with E-state index in [-0.39, 0.29) is 23.3 Å². The second-order valence-corrected chi connectivity index (χ2v) is 10.1. The van der Waals surface area contributed by atoms with Crippen molar-refractivity contribution in [1.82, 2.24) is 9.80 Å². The number of hydrogen-bond donors (Lipinski definition) is 0. The van der Waals surface area contributed by atoms with Crippen molar-refractivity contribution < 1.29 is 9.59 Å². The molecule has 1 aliphatic rings. The van der Waals surface area contributed by atoms with Gasteiger partial charge in [-0.25, -0.2) is 0 Å². The normalized spacial score (nSPS) is 16.5. The van der Waals surface area contributed by atoms with Crippen LogP contribution in [0.3, 0.4) is 0 Å². The van der Waals surface area contributed by atoms with Gasteiger partial charge in [-0.2, -0.15) is 0 Å². The summed E-state index contributed by atoms with van der Waals surface area (Å²) in [5, 5.41) is 0. The van der Waals surface area contributed by atoms with Gasteiger partial charge >= 0.3 is 0 Å². The van der Waals surface area contributed by atoms with Crippen molar-refractivity contribution >= 4 is 23.6 Å². The van der Waals surface area contributed by atoms with Gasteiger partial charge in [0.25, 0.3) is 0 Å². The van der Waals surface area contributed by atoms with E-state index in [9.17, 15) is 9.59 Å². The van der Waals surface area contributed by atoms with Crippen LogP contribution in [0.15, 0.2) is 60.7 Å². The van der Waals surface area contributed by atoms with Crippen LogP contribution in [-0.2, 0) is 22.6 Å². The highest BCUT2D eigenvalue weighted by atomic mass is 32.2. The number of nitrogens with zero attached hydrogens (tertiary/aromatic N) is 2. The van der Waals surface area contributed by atoms with E-state index in [1.54, 1.807) is 16.7 Å². The van der Waals surface area contributed by atoms with Gasteiger partial charge in [0.2, 0.25) is 11.8 Å². The number of carbonyl (C=O) groups is 2. The van der Waals surface area contributed by atoms with Crippen molar-refractivity contribution in [2.75, 3.05) is 18.2 Å². The molecule has 0 saturated carbocycles. The fourth-order valence-electron chi connectivity index (χ4n) is 3.64. The van der Waals surface area contributed by atoms with Crippen LogP contribution in [-0.4, -0.2) is 45.8 Å². The van der Waals surface area contributed by atoms with E-state index in [2.05, 4.69) is 45.0 Å². The molecule has 1 saturated heterocycles. The standard InChI is InChI=1S/C25H32N2O2S/c1-25(2,3)16-23(28)27-19-30-18-22(27)24(29)26(17-21-12-8-5-9-13-21)15-14-20-10-6-4-7-11-20/h4-13,22H,14-19H2,1-3H3. The number of hydrogen-bond acceptors (Lipinski definition) is 3. The van der Waals surface area contributed by atoms with E-state index in [4.69, 9.17) is 0 Å². The van der Waals surface area contributed by atoms with Crippen molar-refractivity contribution in [1.29, 1.82) is 0 Å². The molecule has 1 heterocycles. The summed E-state index contributed by atoms with van der Waals surface area (Å²) >= 11 is 1.67. The monoisotopic (exact) mass is 424 g/mol. The molecule has 5 heteroatoms. The maximum Gasteiger partial charge on any atom is 0.246 e. The van der Waals surface area contributed by atoms with Crippen LogP contribution in [0.25, 0.3) is 0 Å². The molecule has 4 nitrogen and oxygen atoms in total. The number of rotatable bonds is 7. The van der Waals surface area contributed by atoms with E-state index in [0.717, 1.165) is 12.0 Å². The van der Waals surface area contributed by atoms with Crippen LogP contribution >= 0.6 is 11.8 Å². The number of carbonyl (C=O) groups excluding carboxylic acids is 2. The summed E-state index contributed by atoms with van der Waals surface area (Å²) in [5.74, 6) is 1.41. The van der Waals surface area contributed by atoms with E-state index in [1.165, 1.54) is 5.56 Å². The Bertz CT molecular complexity index is 833. The van der Waals surface area contributed by atoms with Crippen LogP contribution in [0.4, 0.5) is 0 Å². The predicted octanol–water partition coefficient (Wildman–Crippen LogP) is 4.60. The molecule has 0 N–H and O–H groups in total. The Hall–Kier alpha value is -2.27. The average Bonchev–Trinajstić information content (AvgIpc) is 3.21. The first-order valence-electron chi connectivity index (χ1n) is 10.6. The third-order valence-corrected chi connectivity index (χ3v) is 6.22. The first kappa shape index (κ1) is 22.4. The SMILES string of the molecule is CC(C)(C)CC(=O)N1CSCC1C(=O)N(CCc1ccccc1)Cc1ccccc1. The zero-order chi connectivity index (χ0) is 21.6. The van der Waals surface area contributed by atoms with E-state index in [1.807, 2.05) is 41.3 Å². The molecule has 1 aliphatic heterocycles. The molecular weight excluding hydrogens is 392 g/mol. The van der Waals surface area contributed by atoms with Gasteiger partial charge in [-0.15, -0.1) is 11.8 Å². The first-order chi connectivity index (χ1) is 14.3. The minimum atomic E-state index is -0.371. The van der Waals surface area contributed by atoms with Crippen LogP contribution in [0.1, 0.15) is 38.3 Å². The maximum atomic E-state index is 13.6. The summed E-state index contributed by atoms with van der Waals surface area (Å²) < 4.78 is 0. The molecule has 0 aromatic heterocycles. The summed E-state index contributed by atoms with van der Waals surface area (Å²) in [6, 6.07) is 20.0. The highest BCUT2D eigenvalue weighted by molar-refractivity contribution is 7.99. The Morgan fingerprint density at radius 3 is 2.20 bits per heavy atom. The fourth-order valence-corrected chi connectivity index (χ4v) is 4.81. The van der Waals surface area contributed by atoms with Gasteiger partial charge in [0.15, 0.2) is 0 Å². The number of benzene rings is 2. The third-order valence-electron chi connectivity index (χ3n) is 5.21. The van der Waals surface area contributed by atoms with Crippen LogP contribution in [0.2, 0.25) is 0 Å². The molecular formula is C25H32N2O2S. The van der Waals surface area contributed by atoms with Gasteiger partial charge in [-0.05, 0) is 23.0 Å². The van der Waals surface area contributed by atoms with Crippen molar-refractivity contribution in [3.8, 4) is 0 Å². The Labute approximate surface area is 184 Å². The molecule has 160 valence electrons. The average molecular weight is 425 g/mol. The van der Waals surface area contributed by atoms with E-state index < -0.39 is 0 Å². The number of amides is 2. The Balaban J connectivity index is 1.75. The Kier molecular flexibility index (Phi) is 7.59. The summed E-state index contributed by atoms with van der Waals surface area (Å²) in [6.07, 6.45) is 1.26. The lowest BCUT2D eigenvalue weighted by Crippen LogP contribution is -2.49. The fraction of sp³-hybridized carbons (Fsp3) is 0.440. The second kappa shape index (κ2) is 10.2. The Morgan fingerprint density at radius 1 is 1.00 bits per heavy atom. The van der Waals surface area contributed by atoms with Crippen LogP contribution in [0.5, 0.6) is 0 Å². The van der Waals surface area contributed by atoms with Crippen molar-refractivity contribution in [2.45, 2.75) is 46.2 Å². The molecule has 2 amide bonds. The van der Waals surface area contributed by atoms with Gasteiger partial charge < -0.3 is 9.80 Å². The highest BCUT2D eigenvalue weighted by Gasteiger charge is 2.37. The van der Waals surface area contributed by atoms with Crippen LogP contribution in [0, 0.1) is 5.41 Å². The maximum absolute atomic E-state index is 13.6. The van der Waals surface area contributed by atoms with Gasteiger partial charge in [0, 0.05) is 25.3 Å². The second-order valence-electron chi connectivity index (χ2n) is 9.10. The topological polar surface area (TPSA) is 40.6 Å². The molecule has 30 heavy (non-hydrogen) atoms. The van der Waals surface area contributed by atoms with Crippen molar-refractivity contribution in [3.63, 3.8) is 0 Å². The molecule has 3 rings (SSSR count). The Morgan fingerprint density at radius 2 is 1.60 bits per heavy atom. The predicted molar refractivity (Wildman–Crippen MR) is 124 cm³/mol. The van der Waals surface area contributed by atoms with E-state index >= 15 is 0 Å². The van der Waals surface area contributed by atoms with Crippen molar-refractivity contribution in [3.05, 3.63) is 71.8 Å². The molecule has 0 bridgehead atoms. The zero-order valence-electron chi connectivity index (χ0n) is 18.2. The summed E-state index contributed by atoms with van der Waals surface area (Å²) in [4.78, 5) is 30.2. The first-order valence-corrected chi connectivity index (χ1v) is 11.7. The lowest BCUT2D eigenvalue weighted by atomic mass is 9.91. The third kappa shape index (κ3) is 6.36. The summed E-state index contributed by atoms with van der Waals surface area (Å²) in [7, 11) is 0. The quantitative estimate of drug-likeness (QED) is 0.652. The summed E-state index contributed by atoms with van der Waals surface area (Å²) in [5.41, 5.74) is 2.23. The molecule has 1 fully saturated rings.